The molecule has 1 saturated carbocycles. The molecule has 1 aromatic rings. The Labute approximate surface area is 144 Å². The lowest BCUT2D eigenvalue weighted by Crippen LogP contribution is -2.34. The van der Waals surface area contributed by atoms with Crippen LogP contribution in [0.1, 0.15) is 31.2 Å². The average Bonchev–Trinajstić information content (AvgIpc) is 2.55. The Kier molecular flexibility index (Phi) is 6.66. The molecule has 1 aliphatic rings. The van der Waals surface area contributed by atoms with Gasteiger partial charge in [-0.2, -0.15) is 13.2 Å². The summed E-state index contributed by atoms with van der Waals surface area (Å²) in [5.41, 5.74) is 5.05. The summed E-state index contributed by atoms with van der Waals surface area (Å²) in [5.74, 6) is -0.449. The average molecular weight is 360 g/mol. The number of amides is 1. The van der Waals surface area contributed by atoms with Gasteiger partial charge in [0.1, 0.15) is 12.4 Å². The number of hydrogen-bond acceptors (Lipinski definition) is 4. The van der Waals surface area contributed by atoms with Crippen molar-refractivity contribution in [1.82, 2.24) is 0 Å². The first-order valence-corrected chi connectivity index (χ1v) is 8.20. The van der Waals surface area contributed by atoms with Crippen LogP contribution in [0.5, 0.6) is 5.75 Å². The quantitative estimate of drug-likeness (QED) is 0.764. The standard InChI is InChI=1S/C17H23F3N2O3/c1-24-7-8-25-15-6-5-12(17(18,19)20)10-14(15)22-16(23)11-3-2-4-13(21)9-11/h5-6,10-11,13H,2-4,7-9,21H2,1H3,(H,22,23). The summed E-state index contributed by atoms with van der Waals surface area (Å²) in [5, 5.41) is 2.58. The van der Waals surface area contributed by atoms with Gasteiger partial charge in [0.05, 0.1) is 17.9 Å². The molecule has 2 atom stereocenters. The smallest absolute Gasteiger partial charge is 0.416 e. The SMILES string of the molecule is COCCOc1ccc(C(F)(F)F)cc1NC(=O)C1CCCC(N)C1. The predicted molar refractivity (Wildman–Crippen MR) is 87.4 cm³/mol. The highest BCUT2D eigenvalue weighted by atomic mass is 19.4. The summed E-state index contributed by atoms with van der Waals surface area (Å²) in [6, 6.07) is 2.97. The van der Waals surface area contributed by atoms with Crippen molar-refractivity contribution in [1.29, 1.82) is 0 Å². The van der Waals surface area contributed by atoms with Gasteiger partial charge in [-0.05, 0) is 37.5 Å². The normalized spacial score (nSPS) is 21.0. The topological polar surface area (TPSA) is 73.6 Å². The summed E-state index contributed by atoms with van der Waals surface area (Å²) in [4.78, 5) is 12.4. The highest BCUT2D eigenvalue weighted by Crippen LogP contribution is 2.35. The number of nitrogens with two attached hydrogens (primary N) is 1. The molecule has 5 nitrogen and oxygen atoms in total. The summed E-state index contributed by atoms with van der Waals surface area (Å²) < 4.78 is 49.2. The number of carbonyl (C=O) groups excluding carboxylic acids is 1. The predicted octanol–water partition coefficient (Wildman–Crippen LogP) is 3.19. The number of hydrogen-bond donors (Lipinski definition) is 2. The van der Waals surface area contributed by atoms with Crippen LogP contribution >= 0.6 is 0 Å². The van der Waals surface area contributed by atoms with Gasteiger partial charge in [0.2, 0.25) is 5.91 Å². The number of ether oxygens (including phenoxy) is 2. The third-order valence-corrected chi connectivity index (χ3v) is 4.20. The molecule has 0 bridgehead atoms. The van der Waals surface area contributed by atoms with Crippen LogP contribution in [-0.2, 0) is 15.7 Å². The van der Waals surface area contributed by atoms with Gasteiger partial charge in [-0.3, -0.25) is 4.79 Å². The van der Waals surface area contributed by atoms with Crippen LogP contribution in [-0.4, -0.2) is 32.3 Å². The van der Waals surface area contributed by atoms with E-state index in [-0.39, 0.29) is 42.5 Å². The van der Waals surface area contributed by atoms with E-state index in [1.54, 1.807) is 0 Å². The molecule has 2 rings (SSSR count). The first-order chi connectivity index (χ1) is 11.8. The molecule has 140 valence electrons. The van der Waals surface area contributed by atoms with E-state index in [1.807, 2.05) is 0 Å². The largest absolute Gasteiger partial charge is 0.489 e. The second-order valence-corrected chi connectivity index (χ2v) is 6.16. The highest BCUT2D eigenvalue weighted by Gasteiger charge is 2.32. The second-order valence-electron chi connectivity index (χ2n) is 6.16. The first-order valence-electron chi connectivity index (χ1n) is 8.20. The fraction of sp³-hybridized carbons (Fsp3) is 0.588. The van der Waals surface area contributed by atoms with Crippen LogP contribution in [0.15, 0.2) is 18.2 Å². The minimum Gasteiger partial charge on any atom is -0.489 e. The van der Waals surface area contributed by atoms with Gasteiger partial charge < -0.3 is 20.5 Å². The molecule has 1 aromatic carbocycles. The summed E-state index contributed by atoms with van der Waals surface area (Å²) >= 11 is 0. The molecule has 0 aliphatic heterocycles. The Morgan fingerprint density at radius 2 is 2.08 bits per heavy atom. The van der Waals surface area contributed by atoms with E-state index in [0.29, 0.717) is 12.8 Å². The van der Waals surface area contributed by atoms with Crippen molar-refractivity contribution in [3.8, 4) is 5.75 Å². The van der Waals surface area contributed by atoms with Gasteiger partial charge in [-0.15, -0.1) is 0 Å². The van der Waals surface area contributed by atoms with Crippen LogP contribution in [0.25, 0.3) is 0 Å². The fourth-order valence-corrected chi connectivity index (χ4v) is 2.87. The molecule has 0 heterocycles. The van der Waals surface area contributed by atoms with Crippen molar-refractivity contribution in [3.63, 3.8) is 0 Å². The lowest BCUT2D eigenvalue weighted by Gasteiger charge is -2.26. The van der Waals surface area contributed by atoms with E-state index in [2.05, 4.69) is 5.32 Å². The van der Waals surface area contributed by atoms with Gasteiger partial charge in [-0.1, -0.05) is 6.42 Å². The summed E-state index contributed by atoms with van der Waals surface area (Å²) in [6.45, 7) is 0.449. The zero-order chi connectivity index (χ0) is 18.4. The van der Waals surface area contributed by atoms with Crippen LogP contribution in [0.2, 0.25) is 0 Å². The van der Waals surface area contributed by atoms with E-state index in [4.69, 9.17) is 15.2 Å². The zero-order valence-corrected chi connectivity index (χ0v) is 14.1. The van der Waals surface area contributed by atoms with Crippen LogP contribution in [0, 0.1) is 5.92 Å². The van der Waals surface area contributed by atoms with Crippen molar-refractivity contribution >= 4 is 11.6 Å². The number of rotatable bonds is 6. The lowest BCUT2D eigenvalue weighted by atomic mass is 9.85. The number of benzene rings is 1. The third kappa shape index (κ3) is 5.61. The fourth-order valence-electron chi connectivity index (χ4n) is 2.87. The Morgan fingerprint density at radius 1 is 1.32 bits per heavy atom. The van der Waals surface area contributed by atoms with E-state index >= 15 is 0 Å². The maximum Gasteiger partial charge on any atom is 0.416 e. The summed E-state index contributed by atoms with van der Waals surface area (Å²) in [6.07, 6.45) is -1.60. The van der Waals surface area contributed by atoms with Crippen molar-refractivity contribution < 1.29 is 27.4 Å². The van der Waals surface area contributed by atoms with Crippen molar-refractivity contribution in [2.75, 3.05) is 25.6 Å². The number of alkyl halides is 3. The minimum absolute atomic E-state index is 0.00933. The van der Waals surface area contributed by atoms with Gasteiger partial charge >= 0.3 is 6.18 Å². The maximum atomic E-state index is 13.0. The van der Waals surface area contributed by atoms with Crippen molar-refractivity contribution in [2.24, 2.45) is 11.7 Å². The summed E-state index contributed by atoms with van der Waals surface area (Å²) in [7, 11) is 1.49. The Balaban J connectivity index is 2.17. The molecular weight excluding hydrogens is 337 g/mol. The highest BCUT2D eigenvalue weighted by molar-refractivity contribution is 5.94. The van der Waals surface area contributed by atoms with Crippen LogP contribution in [0.3, 0.4) is 0 Å². The van der Waals surface area contributed by atoms with Crippen molar-refractivity contribution in [2.45, 2.75) is 37.9 Å². The first kappa shape index (κ1) is 19.5. The lowest BCUT2D eigenvalue weighted by molar-refractivity contribution is -0.137. The monoisotopic (exact) mass is 360 g/mol. The number of halogens is 3. The zero-order valence-electron chi connectivity index (χ0n) is 14.1. The molecule has 0 spiro atoms. The van der Waals surface area contributed by atoms with Gasteiger partial charge in [0.15, 0.2) is 0 Å². The van der Waals surface area contributed by atoms with E-state index in [9.17, 15) is 18.0 Å². The van der Waals surface area contributed by atoms with E-state index in [1.165, 1.54) is 13.2 Å². The third-order valence-electron chi connectivity index (χ3n) is 4.20. The molecular formula is C17H23F3N2O3. The van der Waals surface area contributed by atoms with Gasteiger partial charge in [-0.25, -0.2) is 0 Å². The Morgan fingerprint density at radius 3 is 2.72 bits per heavy atom. The molecule has 1 aliphatic carbocycles. The molecule has 8 heteroatoms. The molecule has 1 fully saturated rings. The van der Waals surface area contributed by atoms with Gasteiger partial charge in [0, 0.05) is 19.1 Å². The molecule has 3 N–H and O–H groups in total. The molecule has 1 amide bonds. The Hall–Kier alpha value is -1.80. The van der Waals surface area contributed by atoms with Gasteiger partial charge in [0.25, 0.3) is 0 Å². The molecule has 2 unspecified atom stereocenters. The molecule has 0 aromatic heterocycles. The maximum absolute atomic E-state index is 13.0. The van der Waals surface area contributed by atoms with Crippen LogP contribution in [0.4, 0.5) is 18.9 Å². The van der Waals surface area contributed by atoms with Crippen molar-refractivity contribution in [3.05, 3.63) is 23.8 Å². The number of anilines is 1. The Bertz CT molecular complexity index is 593. The molecule has 0 saturated heterocycles. The number of methoxy groups -OCH3 is 1. The number of carbonyl (C=O) groups is 1. The van der Waals surface area contributed by atoms with Crippen LogP contribution < -0.4 is 15.8 Å². The number of nitrogens with one attached hydrogen (secondary N) is 1. The molecule has 0 radical (unpaired) electrons. The minimum atomic E-state index is -4.50. The second kappa shape index (κ2) is 8.53. The molecule has 25 heavy (non-hydrogen) atoms. The van der Waals surface area contributed by atoms with E-state index in [0.717, 1.165) is 25.0 Å². The van der Waals surface area contributed by atoms with E-state index < -0.39 is 11.7 Å².